The SMILES string of the molecule is CC(C)N(CCC(=O)N1CCN(c2ccc([N+](=O)[O-])cc2)CC1)c1nc(Cc2ccccc2)ns1. The molecule has 4 rings (SSSR count). The fourth-order valence-electron chi connectivity index (χ4n) is 4.16. The minimum Gasteiger partial charge on any atom is -0.368 e. The molecule has 184 valence electrons. The van der Waals surface area contributed by atoms with Gasteiger partial charge < -0.3 is 14.7 Å². The Hall–Kier alpha value is -3.53. The van der Waals surface area contributed by atoms with Crippen LogP contribution in [0.3, 0.4) is 0 Å². The lowest BCUT2D eigenvalue weighted by Crippen LogP contribution is -2.49. The molecule has 0 unspecified atom stereocenters. The molecular weight excluding hydrogens is 464 g/mol. The predicted octanol–water partition coefficient (Wildman–Crippen LogP) is 3.99. The number of benzene rings is 2. The van der Waals surface area contributed by atoms with Crippen LogP contribution in [0.15, 0.2) is 54.6 Å². The van der Waals surface area contributed by atoms with Crippen molar-refractivity contribution < 1.29 is 9.72 Å². The second kappa shape index (κ2) is 11.3. The largest absolute Gasteiger partial charge is 0.368 e. The van der Waals surface area contributed by atoms with E-state index in [1.807, 2.05) is 23.1 Å². The van der Waals surface area contributed by atoms with Crippen molar-refractivity contribution in [2.45, 2.75) is 32.7 Å². The van der Waals surface area contributed by atoms with E-state index in [0.29, 0.717) is 45.6 Å². The Bertz CT molecular complexity index is 1130. The molecule has 3 aromatic rings. The standard InChI is InChI=1S/C25H30N6O3S/c1-19(2)30(25-26-23(27-35-25)18-20-6-4-3-5-7-20)13-12-24(32)29-16-14-28(15-17-29)21-8-10-22(11-9-21)31(33)34/h3-11,19H,12-18H2,1-2H3. The van der Waals surface area contributed by atoms with E-state index in [1.54, 1.807) is 12.1 Å². The first-order valence-electron chi connectivity index (χ1n) is 11.8. The number of amides is 1. The Labute approximate surface area is 209 Å². The van der Waals surface area contributed by atoms with Crippen LogP contribution >= 0.6 is 11.5 Å². The molecule has 2 aromatic carbocycles. The normalized spacial score (nSPS) is 13.8. The van der Waals surface area contributed by atoms with Crippen molar-refractivity contribution in [1.29, 1.82) is 0 Å². The van der Waals surface area contributed by atoms with E-state index in [9.17, 15) is 14.9 Å². The molecule has 0 saturated carbocycles. The van der Waals surface area contributed by atoms with Gasteiger partial charge in [0.25, 0.3) is 5.69 Å². The monoisotopic (exact) mass is 494 g/mol. The fourth-order valence-corrected chi connectivity index (χ4v) is 5.01. The van der Waals surface area contributed by atoms with Crippen LogP contribution in [0, 0.1) is 10.1 Å². The topological polar surface area (TPSA) is 95.7 Å². The maximum absolute atomic E-state index is 12.9. The van der Waals surface area contributed by atoms with E-state index in [-0.39, 0.29) is 17.6 Å². The van der Waals surface area contributed by atoms with Crippen molar-refractivity contribution in [3.8, 4) is 0 Å². The van der Waals surface area contributed by atoms with Gasteiger partial charge in [0.15, 0.2) is 0 Å². The van der Waals surface area contributed by atoms with Crippen molar-refractivity contribution in [1.82, 2.24) is 14.3 Å². The van der Waals surface area contributed by atoms with E-state index in [4.69, 9.17) is 4.98 Å². The third kappa shape index (κ3) is 6.33. The van der Waals surface area contributed by atoms with Gasteiger partial charge in [-0.25, -0.2) is 4.98 Å². The van der Waals surface area contributed by atoms with Crippen LogP contribution in [0.5, 0.6) is 0 Å². The van der Waals surface area contributed by atoms with E-state index in [0.717, 1.165) is 16.6 Å². The van der Waals surface area contributed by atoms with Gasteiger partial charge in [0, 0.05) is 81.0 Å². The summed E-state index contributed by atoms with van der Waals surface area (Å²) < 4.78 is 4.53. The molecule has 0 spiro atoms. The molecule has 10 heteroatoms. The zero-order valence-electron chi connectivity index (χ0n) is 20.0. The highest BCUT2D eigenvalue weighted by Gasteiger charge is 2.23. The molecule has 0 atom stereocenters. The molecule has 0 N–H and O–H groups in total. The van der Waals surface area contributed by atoms with Crippen LogP contribution in [0.25, 0.3) is 0 Å². The summed E-state index contributed by atoms with van der Waals surface area (Å²) >= 11 is 1.38. The Morgan fingerprint density at radius 3 is 2.40 bits per heavy atom. The molecule has 1 aliphatic heterocycles. The highest BCUT2D eigenvalue weighted by molar-refractivity contribution is 7.09. The summed E-state index contributed by atoms with van der Waals surface area (Å²) in [6.45, 7) is 7.49. The average Bonchev–Trinajstić information content (AvgIpc) is 3.32. The average molecular weight is 495 g/mol. The van der Waals surface area contributed by atoms with Gasteiger partial charge in [-0.15, -0.1) is 0 Å². The Morgan fingerprint density at radius 1 is 1.09 bits per heavy atom. The number of nitrogens with zero attached hydrogens (tertiary/aromatic N) is 6. The van der Waals surface area contributed by atoms with E-state index < -0.39 is 4.92 Å². The van der Waals surface area contributed by atoms with Gasteiger partial charge in [-0.3, -0.25) is 14.9 Å². The molecule has 2 heterocycles. The molecule has 0 bridgehead atoms. The third-order valence-corrected chi connectivity index (χ3v) is 6.95. The molecule has 0 aliphatic carbocycles. The number of non-ortho nitro benzene ring substituents is 1. The first-order chi connectivity index (χ1) is 16.9. The molecule has 1 amide bonds. The summed E-state index contributed by atoms with van der Waals surface area (Å²) in [6, 6.07) is 16.9. The number of hydrogen-bond donors (Lipinski definition) is 0. The smallest absolute Gasteiger partial charge is 0.269 e. The Morgan fingerprint density at radius 2 is 1.77 bits per heavy atom. The molecule has 0 radical (unpaired) electrons. The second-order valence-electron chi connectivity index (χ2n) is 8.83. The van der Waals surface area contributed by atoms with Gasteiger partial charge in [0.05, 0.1) is 4.92 Å². The van der Waals surface area contributed by atoms with Crippen molar-refractivity contribution in [2.24, 2.45) is 0 Å². The van der Waals surface area contributed by atoms with Crippen molar-refractivity contribution in [2.75, 3.05) is 42.5 Å². The first kappa shape index (κ1) is 24.6. The number of piperazine rings is 1. The van der Waals surface area contributed by atoms with E-state index in [2.05, 4.69) is 40.2 Å². The molecule has 1 fully saturated rings. The highest BCUT2D eigenvalue weighted by Crippen LogP contribution is 2.23. The molecular formula is C25H30N6O3S. The predicted molar refractivity (Wildman–Crippen MR) is 138 cm³/mol. The number of nitro benzene ring substituents is 1. The van der Waals surface area contributed by atoms with Crippen LogP contribution in [-0.2, 0) is 11.2 Å². The lowest BCUT2D eigenvalue weighted by atomic mass is 10.1. The minimum absolute atomic E-state index is 0.0832. The molecule has 35 heavy (non-hydrogen) atoms. The lowest BCUT2D eigenvalue weighted by Gasteiger charge is -2.36. The van der Waals surface area contributed by atoms with Gasteiger partial charge in [0.2, 0.25) is 11.0 Å². The summed E-state index contributed by atoms with van der Waals surface area (Å²) in [5.74, 6) is 0.934. The van der Waals surface area contributed by atoms with Crippen LogP contribution in [0.2, 0.25) is 0 Å². The number of aromatic nitrogens is 2. The van der Waals surface area contributed by atoms with Crippen LogP contribution in [0.1, 0.15) is 31.7 Å². The van der Waals surface area contributed by atoms with Crippen LogP contribution in [-0.4, -0.2) is 63.9 Å². The fraction of sp³-hybridized carbons (Fsp3) is 0.400. The van der Waals surface area contributed by atoms with Crippen LogP contribution < -0.4 is 9.80 Å². The zero-order valence-corrected chi connectivity index (χ0v) is 20.9. The summed E-state index contributed by atoms with van der Waals surface area (Å²) in [6.07, 6.45) is 1.12. The van der Waals surface area contributed by atoms with Crippen molar-refractivity contribution in [3.05, 3.63) is 76.1 Å². The highest BCUT2D eigenvalue weighted by atomic mass is 32.1. The summed E-state index contributed by atoms with van der Waals surface area (Å²) in [5, 5.41) is 11.7. The summed E-state index contributed by atoms with van der Waals surface area (Å²) in [7, 11) is 0. The molecule has 1 aromatic heterocycles. The maximum Gasteiger partial charge on any atom is 0.269 e. The number of carbonyl (C=O) groups excluding carboxylic acids is 1. The quantitative estimate of drug-likeness (QED) is 0.328. The van der Waals surface area contributed by atoms with Gasteiger partial charge in [-0.05, 0) is 31.5 Å². The maximum atomic E-state index is 12.9. The summed E-state index contributed by atoms with van der Waals surface area (Å²) in [4.78, 5) is 34.4. The van der Waals surface area contributed by atoms with Crippen molar-refractivity contribution >= 4 is 33.9 Å². The van der Waals surface area contributed by atoms with Gasteiger partial charge >= 0.3 is 0 Å². The molecule has 1 aliphatic rings. The second-order valence-corrected chi connectivity index (χ2v) is 9.56. The summed E-state index contributed by atoms with van der Waals surface area (Å²) in [5.41, 5.74) is 2.20. The van der Waals surface area contributed by atoms with E-state index in [1.165, 1.54) is 29.2 Å². The minimum atomic E-state index is -0.396. The van der Waals surface area contributed by atoms with E-state index >= 15 is 0 Å². The third-order valence-electron chi connectivity index (χ3n) is 6.16. The first-order valence-corrected chi connectivity index (χ1v) is 12.6. The van der Waals surface area contributed by atoms with Gasteiger partial charge in [0.1, 0.15) is 5.82 Å². The van der Waals surface area contributed by atoms with Gasteiger partial charge in [-0.1, -0.05) is 30.3 Å². The van der Waals surface area contributed by atoms with Crippen LogP contribution in [0.4, 0.5) is 16.5 Å². The number of hydrogen-bond acceptors (Lipinski definition) is 8. The number of nitro groups is 1. The Balaban J connectivity index is 1.29. The molecule has 9 nitrogen and oxygen atoms in total. The van der Waals surface area contributed by atoms with Crippen molar-refractivity contribution in [3.63, 3.8) is 0 Å². The van der Waals surface area contributed by atoms with Gasteiger partial charge in [-0.2, -0.15) is 4.37 Å². The Kier molecular flexibility index (Phi) is 7.91. The number of carbonyl (C=O) groups is 1. The number of rotatable bonds is 9. The lowest BCUT2D eigenvalue weighted by molar-refractivity contribution is -0.384. The number of anilines is 2. The zero-order chi connectivity index (χ0) is 24.8. The molecule has 1 saturated heterocycles.